The molecule has 0 bridgehead atoms. The van der Waals surface area contributed by atoms with E-state index in [1.165, 1.54) is 5.69 Å². The van der Waals surface area contributed by atoms with Crippen LogP contribution in [0.1, 0.15) is 13.3 Å². The third-order valence-electron chi connectivity index (χ3n) is 2.19. The van der Waals surface area contributed by atoms with E-state index in [4.69, 9.17) is 5.73 Å². The number of rotatable bonds is 4. The quantitative estimate of drug-likeness (QED) is 0.898. The van der Waals surface area contributed by atoms with Crippen LogP contribution in [0.3, 0.4) is 0 Å². The Bertz CT molecular complexity index is 269. The Hall–Kier alpha value is -0.540. The summed E-state index contributed by atoms with van der Waals surface area (Å²) < 4.78 is 1.11. The molecule has 0 amide bonds. The van der Waals surface area contributed by atoms with E-state index in [0.717, 1.165) is 17.4 Å². The molecule has 0 aliphatic carbocycles. The average Bonchev–Trinajstić information content (AvgIpc) is 2.15. The fourth-order valence-electron chi connectivity index (χ4n) is 1.22. The first-order valence-electron chi connectivity index (χ1n) is 4.82. The van der Waals surface area contributed by atoms with Gasteiger partial charge in [0.25, 0.3) is 0 Å². The largest absolute Gasteiger partial charge is 0.375 e. The molecule has 0 spiro atoms. The van der Waals surface area contributed by atoms with E-state index in [1.54, 1.807) is 0 Å². The highest BCUT2D eigenvalue weighted by Gasteiger charge is 2.01. The Kier molecular flexibility index (Phi) is 4.42. The summed E-state index contributed by atoms with van der Waals surface area (Å²) in [5, 5.41) is 0. The standard InChI is InChI=1S/C11H17BrN2/c1-9(13)7-8-14(2)11-5-3-10(12)4-6-11/h3-6,9H,7-8,13H2,1-2H3. The number of anilines is 1. The molecule has 0 fully saturated rings. The second kappa shape index (κ2) is 5.37. The summed E-state index contributed by atoms with van der Waals surface area (Å²) in [6, 6.07) is 8.58. The molecule has 0 aromatic heterocycles. The lowest BCUT2D eigenvalue weighted by molar-refractivity contribution is 0.659. The van der Waals surface area contributed by atoms with Crippen molar-refractivity contribution in [1.82, 2.24) is 0 Å². The van der Waals surface area contributed by atoms with Gasteiger partial charge < -0.3 is 10.6 Å². The van der Waals surface area contributed by atoms with E-state index in [0.29, 0.717) is 0 Å². The maximum atomic E-state index is 5.71. The third kappa shape index (κ3) is 3.68. The van der Waals surface area contributed by atoms with E-state index in [1.807, 2.05) is 6.92 Å². The summed E-state index contributed by atoms with van der Waals surface area (Å²) in [7, 11) is 2.09. The first-order valence-corrected chi connectivity index (χ1v) is 5.61. The van der Waals surface area contributed by atoms with Crippen LogP contribution in [0.5, 0.6) is 0 Å². The van der Waals surface area contributed by atoms with Gasteiger partial charge in [0.2, 0.25) is 0 Å². The van der Waals surface area contributed by atoms with Gasteiger partial charge in [-0.3, -0.25) is 0 Å². The smallest absolute Gasteiger partial charge is 0.0364 e. The second-order valence-electron chi connectivity index (χ2n) is 3.66. The maximum Gasteiger partial charge on any atom is 0.0364 e. The van der Waals surface area contributed by atoms with Crippen LogP contribution in [0.25, 0.3) is 0 Å². The molecule has 3 heteroatoms. The molecule has 0 saturated carbocycles. The van der Waals surface area contributed by atoms with Crippen LogP contribution < -0.4 is 10.6 Å². The van der Waals surface area contributed by atoms with Gasteiger partial charge in [-0.25, -0.2) is 0 Å². The Morgan fingerprint density at radius 3 is 2.43 bits per heavy atom. The first kappa shape index (κ1) is 11.5. The molecule has 2 N–H and O–H groups in total. The molecule has 0 aliphatic rings. The number of hydrogen-bond donors (Lipinski definition) is 1. The van der Waals surface area contributed by atoms with Gasteiger partial charge in [0, 0.05) is 29.8 Å². The van der Waals surface area contributed by atoms with Gasteiger partial charge in [-0.1, -0.05) is 15.9 Å². The fourth-order valence-corrected chi connectivity index (χ4v) is 1.49. The Balaban J connectivity index is 2.52. The van der Waals surface area contributed by atoms with Crippen molar-refractivity contribution in [1.29, 1.82) is 0 Å². The van der Waals surface area contributed by atoms with Crippen molar-refractivity contribution >= 4 is 21.6 Å². The molecular weight excluding hydrogens is 240 g/mol. The highest BCUT2D eigenvalue weighted by molar-refractivity contribution is 9.10. The minimum Gasteiger partial charge on any atom is -0.375 e. The molecular formula is C11H17BrN2. The minimum atomic E-state index is 0.271. The van der Waals surface area contributed by atoms with Crippen molar-refractivity contribution in [3.05, 3.63) is 28.7 Å². The molecule has 1 aromatic rings. The molecule has 1 aromatic carbocycles. The monoisotopic (exact) mass is 256 g/mol. The van der Waals surface area contributed by atoms with Crippen molar-refractivity contribution in [2.45, 2.75) is 19.4 Å². The zero-order valence-corrected chi connectivity index (χ0v) is 10.3. The third-order valence-corrected chi connectivity index (χ3v) is 2.72. The summed E-state index contributed by atoms with van der Waals surface area (Å²) in [6.07, 6.45) is 1.02. The van der Waals surface area contributed by atoms with E-state index in [9.17, 15) is 0 Å². The average molecular weight is 257 g/mol. The van der Waals surface area contributed by atoms with E-state index in [2.05, 4.69) is 52.1 Å². The van der Waals surface area contributed by atoms with E-state index >= 15 is 0 Å². The molecule has 0 radical (unpaired) electrons. The number of nitrogens with two attached hydrogens (primary N) is 1. The Morgan fingerprint density at radius 2 is 1.93 bits per heavy atom. The molecule has 1 unspecified atom stereocenters. The lowest BCUT2D eigenvalue weighted by Gasteiger charge is -2.20. The highest BCUT2D eigenvalue weighted by Crippen LogP contribution is 2.17. The van der Waals surface area contributed by atoms with E-state index in [-0.39, 0.29) is 6.04 Å². The predicted octanol–water partition coefficient (Wildman–Crippen LogP) is 2.62. The van der Waals surface area contributed by atoms with E-state index < -0.39 is 0 Å². The normalized spacial score (nSPS) is 12.6. The second-order valence-corrected chi connectivity index (χ2v) is 4.58. The van der Waals surface area contributed by atoms with Gasteiger partial charge in [-0.15, -0.1) is 0 Å². The summed E-state index contributed by atoms with van der Waals surface area (Å²) in [5.41, 5.74) is 6.94. The summed E-state index contributed by atoms with van der Waals surface area (Å²) in [6.45, 7) is 3.04. The number of halogens is 1. The van der Waals surface area contributed by atoms with Crippen LogP contribution in [0.4, 0.5) is 5.69 Å². The molecule has 14 heavy (non-hydrogen) atoms. The molecule has 1 rings (SSSR count). The maximum absolute atomic E-state index is 5.71. The van der Waals surface area contributed by atoms with Gasteiger partial charge in [-0.2, -0.15) is 0 Å². The van der Waals surface area contributed by atoms with Crippen LogP contribution in [0.2, 0.25) is 0 Å². The van der Waals surface area contributed by atoms with Gasteiger partial charge >= 0.3 is 0 Å². The lowest BCUT2D eigenvalue weighted by Crippen LogP contribution is -2.25. The van der Waals surface area contributed by atoms with Crippen LogP contribution in [-0.2, 0) is 0 Å². The van der Waals surface area contributed by atoms with Crippen LogP contribution in [-0.4, -0.2) is 19.6 Å². The molecule has 0 aliphatic heterocycles. The van der Waals surface area contributed by atoms with Gasteiger partial charge in [-0.05, 0) is 37.6 Å². The molecule has 2 nitrogen and oxygen atoms in total. The summed E-state index contributed by atoms with van der Waals surface area (Å²) in [4.78, 5) is 2.22. The van der Waals surface area contributed by atoms with Crippen molar-refractivity contribution in [2.24, 2.45) is 5.73 Å². The van der Waals surface area contributed by atoms with Crippen molar-refractivity contribution < 1.29 is 0 Å². The van der Waals surface area contributed by atoms with Gasteiger partial charge in [0.15, 0.2) is 0 Å². The summed E-state index contributed by atoms with van der Waals surface area (Å²) in [5.74, 6) is 0. The lowest BCUT2D eigenvalue weighted by atomic mass is 10.2. The minimum absolute atomic E-state index is 0.271. The van der Waals surface area contributed by atoms with Crippen LogP contribution >= 0.6 is 15.9 Å². The van der Waals surface area contributed by atoms with Gasteiger partial charge in [0.05, 0.1) is 0 Å². The topological polar surface area (TPSA) is 29.3 Å². The number of benzene rings is 1. The zero-order chi connectivity index (χ0) is 10.6. The number of nitrogens with zero attached hydrogens (tertiary/aromatic N) is 1. The molecule has 1 atom stereocenters. The highest BCUT2D eigenvalue weighted by atomic mass is 79.9. The van der Waals surface area contributed by atoms with Crippen molar-refractivity contribution in [3.63, 3.8) is 0 Å². The molecule has 0 saturated heterocycles. The predicted molar refractivity (Wildman–Crippen MR) is 65.7 cm³/mol. The Labute approximate surface area is 94.2 Å². The Morgan fingerprint density at radius 1 is 1.36 bits per heavy atom. The summed E-state index contributed by atoms with van der Waals surface area (Å²) >= 11 is 3.42. The van der Waals surface area contributed by atoms with Crippen molar-refractivity contribution in [3.8, 4) is 0 Å². The molecule has 0 heterocycles. The zero-order valence-electron chi connectivity index (χ0n) is 8.70. The SMILES string of the molecule is CC(N)CCN(C)c1ccc(Br)cc1. The fraction of sp³-hybridized carbons (Fsp3) is 0.455. The number of hydrogen-bond acceptors (Lipinski definition) is 2. The molecule has 78 valence electrons. The van der Waals surface area contributed by atoms with Crippen molar-refractivity contribution in [2.75, 3.05) is 18.5 Å². The van der Waals surface area contributed by atoms with Crippen LogP contribution in [0, 0.1) is 0 Å². The van der Waals surface area contributed by atoms with Crippen LogP contribution in [0.15, 0.2) is 28.7 Å². The first-order chi connectivity index (χ1) is 6.59. The van der Waals surface area contributed by atoms with Gasteiger partial charge in [0.1, 0.15) is 0 Å².